The van der Waals surface area contributed by atoms with E-state index in [0.717, 1.165) is 32.5 Å². The first kappa shape index (κ1) is 14.8. The number of pyridine rings is 1. The molecule has 3 aromatic carbocycles. The summed E-state index contributed by atoms with van der Waals surface area (Å²) < 4.78 is 2.26. The van der Waals surface area contributed by atoms with Crippen LogP contribution in [-0.2, 0) is 0 Å². The topological polar surface area (TPSA) is 3.88 Å². The second-order valence-electron chi connectivity index (χ2n) is 5.02. The third-order valence-corrected chi connectivity index (χ3v) is 4.18. The van der Waals surface area contributed by atoms with E-state index in [4.69, 9.17) is 11.6 Å². The molecule has 1 heterocycles. The lowest BCUT2D eigenvalue weighted by atomic mass is 10.1. The highest BCUT2D eigenvalue weighted by molar-refractivity contribution is 6.39. The number of rotatable bonds is 1. The maximum atomic E-state index is 6.62. The maximum Gasteiger partial charge on any atom is 0.220 e. The fraction of sp³-hybridized carbons (Fsp3) is 0. The summed E-state index contributed by atoms with van der Waals surface area (Å²) in [5.74, 6) is 0. The predicted molar refractivity (Wildman–Crippen MR) is 88.0 cm³/mol. The molecule has 3 heteroatoms. The van der Waals surface area contributed by atoms with Gasteiger partial charge >= 0.3 is 0 Å². The number of hydrogen-bond donors (Lipinski definition) is 0. The van der Waals surface area contributed by atoms with E-state index in [0.29, 0.717) is 0 Å². The lowest BCUT2D eigenvalue weighted by molar-refractivity contribution is -0.538. The van der Waals surface area contributed by atoms with Crippen molar-refractivity contribution < 1.29 is 17.0 Å². The maximum absolute atomic E-state index is 6.62. The molecule has 0 N–H and O–H groups in total. The Bertz CT molecular complexity index is 892. The highest BCUT2D eigenvalue weighted by Crippen LogP contribution is 2.29. The molecule has 0 saturated heterocycles. The largest absolute Gasteiger partial charge is 1.00 e. The van der Waals surface area contributed by atoms with Crippen molar-refractivity contribution in [1.82, 2.24) is 0 Å². The van der Waals surface area contributed by atoms with Gasteiger partial charge < -0.3 is 12.4 Å². The van der Waals surface area contributed by atoms with E-state index in [1.807, 2.05) is 30.3 Å². The van der Waals surface area contributed by atoms with Crippen LogP contribution in [0, 0.1) is 0 Å². The summed E-state index contributed by atoms with van der Waals surface area (Å²) in [6, 6.07) is 26.9. The first-order valence-electron chi connectivity index (χ1n) is 6.93. The van der Waals surface area contributed by atoms with Gasteiger partial charge in [0.1, 0.15) is 0 Å². The molecule has 108 valence electrons. The van der Waals surface area contributed by atoms with Gasteiger partial charge in [-0.2, -0.15) is 4.57 Å². The van der Waals surface area contributed by atoms with Gasteiger partial charge in [-0.3, -0.25) is 0 Å². The normalized spacial score (nSPS) is 10.6. The monoisotopic (exact) mass is 325 g/mol. The van der Waals surface area contributed by atoms with Crippen LogP contribution in [0.3, 0.4) is 0 Å². The van der Waals surface area contributed by atoms with Gasteiger partial charge in [-0.05, 0) is 12.1 Å². The molecule has 0 amide bonds. The van der Waals surface area contributed by atoms with Gasteiger partial charge in [0, 0.05) is 24.3 Å². The van der Waals surface area contributed by atoms with Crippen LogP contribution in [0.25, 0.3) is 27.5 Å². The average Bonchev–Trinajstić information content (AvgIpc) is 2.56. The van der Waals surface area contributed by atoms with Gasteiger partial charge in [-0.25, -0.2) is 0 Å². The molecule has 4 aromatic rings. The quantitative estimate of drug-likeness (QED) is 0.372. The molecular formula is C19H13Cl2N. The van der Waals surface area contributed by atoms with Crippen LogP contribution in [-0.4, -0.2) is 0 Å². The van der Waals surface area contributed by atoms with Crippen LogP contribution < -0.4 is 17.0 Å². The van der Waals surface area contributed by atoms with E-state index >= 15 is 0 Å². The summed E-state index contributed by atoms with van der Waals surface area (Å²) in [5, 5.41) is 2.96. The van der Waals surface area contributed by atoms with Crippen molar-refractivity contribution in [1.29, 1.82) is 0 Å². The Balaban J connectivity index is 0.00000144. The van der Waals surface area contributed by atoms with Crippen LogP contribution in [0.5, 0.6) is 0 Å². The number of benzene rings is 3. The molecule has 0 unspecified atom stereocenters. The lowest BCUT2D eigenvalue weighted by Gasteiger charge is -2.07. The molecule has 0 spiro atoms. The second kappa shape index (κ2) is 5.96. The Kier molecular flexibility index (Phi) is 4.02. The third kappa shape index (κ3) is 2.23. The zero-order chi connectivity index (χ0) is 14.2. The Labute approximate surface area is 140 Å². The average molecular weight is 326 g/mol. The van der Waals surface area contributed by atoms with Crippen LogP contribution >= 0.6 is 11.6 Å². The van der Waals surface area contributed by atoms with E-state index in [1.54, 1.807) is 0 Å². The summed E-state index contributed by atoms with van der Waals surface area (Å²) in [5.41, 5.74) is 3.38. The van der Waals surface area contributed by atoms with Crippen molar-refractivity contribution in [2.45, 2.75) is 0 Å². The summed E-state index contributed by atoms with van der Waals surface area (Å²) in [4.78, 5) is 0. The fourth-order valence-corrected chi connectivity index (χ4v) is 3.16. The zero-order valence-corrected chi connectivity index (χ0v) is 13.2. The molecule has 0 fully saturated rings. The van der Waals surface area contributed by atoms with Crippen molar-refractivity contribution in [2.24, 2.45) is 0 Å². The Hall–Kier alpha value is -2.09. The first-order chi connectivity index (χ1) is 10.4. The van der Waals surface area contributed by atoms with Crippen molar-refractivity contribution in [3.63, 3.8) is 0 Å². The molecule has 1 aromatic heterocycles. The standard InChI is InChI=1S/C19H13ClN.ClH/c20-19-15-10-4-6-12-17(15)21(14-8-2-1-3-9-14)18-13-7-5-11-16(18)19;/h1-13H;1H/q+1;/p-1. The minimum atomic E-state index is 0. The highest BCUT2D eigenvalue weighted by Gasteiger charge is 2.20. The molecule has 4 rings (SSSR count). The Morgan fingerprint density at radius 3 is 1.59 bits per heavy atom. The van der Waals surface area contributed by atoms with E-state index in [9.17, 15) is 0 Å². The number of nitrogens with zero attached hydrogens (tertiary/aromatic N) is 1. The molecular weight excluding hydrogens is 313 g/mol. The zero-order valence-electron chi connectivity index (χ0n) is 11.7. The predicted octanol–water partition coefficient (Wildman–Crippen LogP) is 1.93. The molecule has 0 saturated carbocycles. The SMILES string of the molecule is Clc1c2ccccc2[n+](-c2ccccc2)c2ccccc12.[Cl-]. The highest BCUT2D eigenvalue weighted by atomic mass is 35.5. The minimum Gasteiger partial charge on any atom is -1.00 e. The number of para-hydroxylation sites is 3. The van der Waals surface area contributed by atoms with Crippen molar-refractivity contribution >= 4 is 33.4 Å². The fourth-order valence-electron chi connectivity index (χ4n) is 2.84. The van der Waals surface area contributed by atoms with E-state index in [2.05, 4.69) is 53.1 Å². The molecule has 0 aliphatic heterocycles. The number of fused-ring (bicyclic) bond motifs is 2. The minimum absolute atomic E-state index is 0. The Morgan fingerprint density at radius 2 is 1.05 bits per heavy atom. The van der Waals surface area contributed by atoms with Gasteiger partial charge in [-0.1, -0.05) is 54.1 Å². The van der Waals surface area contributed by atoms with Crippen LogP contribution in [0.15, 0.2) is 78.9 Å². The smallest absolute Gasteiger partial charge is 0.220 e. The molecule has 0 radical (unpaired) electrons. The van der Waals surface area contributed by atoms with Gasteiger partial charge in [0.15, 0.2) is 0 Å². The molecule has 0 aliphatic carbocycles. The van der Waals surface area contributed by atoms with Crippen LogP contribution in [0.1, 0.15) is 0 Å². The lowest BCUT2D eigenvalue weighted by Crippen LogP contribution is -3.00. The Morgan fingerprint density at radius 1 is 0.591 bits per heavy atom. The van der Waals surface area contributed by atoms with Gasteiger partial charge in [0.05, 0.1) is 15.8 Å². The summed E-state index contributed by atoms with van der Waals surface area (Å²) in [7, 11) is 0. The number of aromatic nitrogens is 1. The molecule has 0 bridgehead atoms. The van der Waals surface area contributed by atoms with Crippen molar-refractivity contribution in [3.05, 3.63) is 83.9 Å². The van der Waals surface area contributed by atoms with Gasteiger partial charge in [0.25, 0.3) is 0 Å². The van der Waals surface area contributed by atoms with Crippen LogP contribution in [0.4, 0.5) is 0 Å². The van der Waals surface area contributed by atoms with E-state index in [-0.39, 0.29) is 12.4 Å². The first-order valence-corrected chi connectivity index (χ1v) is 7.30. The third-order valence-electron chi connectivity index (χ3n) is 3.78. The number of hydrogen-bond acceptors (Lipinski definition) is 0. The van der Waals surface area contributed by atoms with E-state index in [1.165, 1.54) is 0 Å². The van der Waals surface area contributed by atoms with Crippen LogP contribution in [0.2, 0.25) is 5.02 Å². The molecule has 22 heavy (non-hydrogen) atoms. The summed E-state index contributed by atoms with van der Waals surface area (Å²) in [6.45, 7) is 0. The molecule has 0 aliphatic rings. The van der Waals surface area contributed by atoms with Gasteiger partial charge in [-0.15, -0.1) is 0 Å². The second-order valence-corrected chi connectivity index (χ2v) is 5.40. The summed E-state index contributed by atoms with van der Waals surface area (Å²) >= 11 is 6.62. The van der Waals surface area contributed by atoms with E-state index < -0.39 is 0 Å². The number of halogens is 2. The van der Waals surface area contributed by atoms with Crippen molar-refractivity contribution in [2.75, 3.05) is 0 Å². The van der Waals surface area contributed by atoms with Crippen molar-refractivity contribution in [3.8, 4) is 5.69 Å². The van der Waals surface area contributed by atoms with Gasteiger partial charge in [0.2, 0.25) is 16.7 Å². The molecule has 1 nitrogen and oxygen atoms in total. The molecule has 0 atom stereocenters. The summed E-state index contributed by atoms with van der Waals surface area (Å²) in [6.07, 6.45) is 0.